The van der Waals surface area contributed by atoms with E-state index >= 15 is 0 Å². The molecular formula is C24H42O3S. The van der Waals surface area contributed by atoms with E-state index in [0.717, 1.165) is 12.8 Å². The number of hydrogen-bond acceptors (Lipinski definition) is 3. The van der Waals surface area contributed by atoms with Gasteiger partial charge in [0.05, 0.1) is 11.5 Å². The fourth-order valence-corrected chi connectivity index (χ4v) is 4.44. The quantitative estimate of drug-likeness (QED) is 0.174. The highest BCUT2D eigenvalue weighted by Crippen LogP contribution is 2.15. The molecule has 0 aliphatic heterocycles. The number of hydrogen-bond donors (Lipinski definition) is 0. The lowest BCUT2D eigenvalue weighted by Crippen LogP contribution is -2.07. The van der Waals surface area contributed by atoms with E-state index in [4.69, 9.17) is 4.18 Å². The van der Waals surface area contributed by atoms with Crippen LogP contribution in [-0.4, -0.2) is 15.0 Å². The molecule has 0 radical (unpaired) electrons. The normalized spacial score (nSPS) is 11.8. The molecule has 4 heteroatoms. The second kappa shape index (κ2) is 17.0. The third kappa shape index (κ3) is 13.3. The maximum absolute atomic E-state index is 12.0. The van der Waals surface area contributed by atoms with Crippen molar-refractivity contribution in [2.45, 2.75) is 115 Å². The molecule has 0 spiro atoms. The van der Waals surface area contributed by atoms with E-state index in [-0.39, 0.29) is 11.5 Å². The lowest BCUT2D eigenvalue weighted by Gasteiger charge is -2.06. The zero-order valence-corrected chi connectivity index (χ0v) is 18.9. The van der Waals surface area contributed by atoms with E-state index in [1.165, 1.54) is 89.9 Å². The van der Waals surface area contributed by atoms with E-state index in [1.807, 2.05) is 0 Å². The van der Waals surface area contributed by atoms with Gasteiger partial charge in [-0.1, -0.05) is 121 Å². The smallest absolute Gasteiger partial charge is 0.266 e. The monoisotopic (exact) mass is 410 g/mol. The summed E-state index contributed by atoms with van der Waals surface area (Å²) in [7, 11) is -3.58. The SMILES string of the molecule is CCCCCCCCCCCCCCCCCCOS(=O)(=O)c1ccccc1. The molecule has 0 atom stereocenters. The summed E-state index contributed by atoms with van der Waals surface area (Å²) in [6.07, 6.45) is 20.9. The molecule has 1 rings (SSSR count). The standard InChI is InChI=1S/C24H42O3S/c1-2-3-4-5-6-7-8-9-10-11-12-13-14-15-16-20-23-27-28(25,26)24-21-18-17-19-22-24/h17-19,21-22H,2-16,20,23H2,1H3. The maximum Gasteiger partial charge on any atom is 0.296 e. The van der Waals surface area contributed by atoms with E-state index in [9.17, 15) is 8.42 Å². The van der Waals surface area contributed by atoms with E-state index in [1.54, 1.807) is 30.3 Å². The molecule has 1 aromatic carbocycles. The summed E-state index contributed by atoms with van der Waals surface area (Å²) in [4.78, 5) is 0.242. The molecule has 0 unspecified atom stereocenters. The van der Waals surface area contributed by atoms with Gasteiger partial charge in [-0.15, -0.1) is 0 Å². The van der Waals surface area contributed by atoms with Crippen LogP contribution in [-0.2, 0) is 14.3 Å². The second-order valence-electron chi connectivity index (χ2n) is 7.89. The van der Waals surface area contributed by atoms with E-state index < -0.39 is 10.1 Å². The molecule has 0 aliphatic rings. The number of unbranched alkanes of at least 4 members (excludes halogenated alkanes) is 15. The van der Waals surface area contributed by atoms with Crippen LogP contribution in [0.15, 0.2) is 35.2 Å². The molecule has 0 aromatic heterocycles. The molecule has 0 bridgehead atoms. The molecule has 0 aliphatic carbocycles. The summed E-state index contributed by atoms with van der Waals surface area (Å²) in [6.45, 7) is 2.56. The lowest BCUT2D eigenvalue weighted by molar-refractivity contribution is 0.306. The van der Waals surface area contributed by atoms with Crippen LogP contribution in [0, 0.1) is 0 Å². The summed E-state index contributed by atoms with van der Waals surface area (Å²) in [5.74, 6) is 0. The Morgan fingerprint density at radius 3 is 1.43 bits per heavy atom. The van der Waals surface area contributed by atoms with Crippen LogP contribution < -0.4 is 0 Å². The Bertz CT molecular complexity index is 554. The fraction of sp³-hybridized carbons (Fsp3) is 0.750. The lowest BCUT2D eigenvalue weighted by atomic mass is 10.0. The van der Waals surface area contributed by atoms with Crippen LogP contribution in [0.3, 0.4) is 0 Å². The average Bonchev–Trinajstić information content (AvgIpc) is 2.71. The molecule has 3 nitrogen and oxygen atoms in total. The Hall–Kier alpha value is -0.870. The molecule has 0 N–H and O–H groups in total. The topological polar surface area (TPSA) is 43.4 Å². The highest BCUT2D eigenvalue weighted by Gasteiger charge is 2.13. The molecular weight excluding hydrogens is 368 g/mol. The highest BCUT2D eigenvalue weighted by molar-refractivity contribution is 7.86. The first-order valence-corrected chi connectivity index (χ1v) is 13.0. The molecule has 0 fully saturated rings. The Balaban J connectivity index is 1.82. The van der Waals surface area contributed by atoms with Gasteiger partial charge in [-0.05, 0) is 18.6 Å². The minimum atomic E-state index is -3.58. The molecule has 1 aromatic rings. The van der Waals surface area contributed by atoms with Crippen molar-refractivity contribution in [1.29, 1.82) is 0 Å². The number of rotatable bonds is 19. The summed E-state index contributed by atoms with van der Waals surface area (Å²) in [6, 6.07) is 8.37. The van der Waals surface area contributed by atoms with Crippen molar-refractivity contribution >= 4 is 10.1 Å². The molecule has 0 amide bonds. The zero-order chi connectivity index (χ0) is 20.3. The van der Waals surface area contributed by atoms with Gasteiger partial charge in [-0.3, -0.25) is 4.18 Å². The van der Waals surface area contributed by atoms with E-state index in [2.05, 4.69) is 6.92 Å². The maximum atomic E-state index is 12.0. The number of benzene rings is 1. The van der Waals surface area contributed by atoms with Crippen molar-refractivity contribution in [1.82, 2.24) is 0 Å². The molecule has 28 heavy (non-hydrogen) atoms. The Kier molecular flexibility index (Phi) is 15.3. The third-order valence-electron chi connectivity index (χ3n) is 5.27. The summed E-state index contributed by atoms with van der Waals surface area (Å²) in [5.41, 5.74) is 0. The van der Waals surface area contributed by atoms with Gasteiger partial charge in [0.15, 0.2) is 0 Å². The predicted octanol–water partition coefficient (Wildman–Crippen LogP) is 7.65. The fourth-order valence-electron chi connectivity index (χ4n) is 3.47. The van der Waals surface area contributed by atoms with Crippen LogP contribution in [0.1, 0.15) is 110 Å². The van der Waals surface area contributed by atoms with Gasteiger partial charge in [-0.25, -0.2) is 0 Å². The first kappa shape index (κ1) is 25.2. The molecule has 162 valence electrons. The highest BCUT2D eigenvalue weighted by atomic mass is 32.2. The van der Waals surface area contributed by atoms with Crippen LogP contribution in [0.25, 0.3) is 0 Å². The minimum Gasteiger partial charge on any atom is -0.266 e. The van der Waals surface area contributed by atoms with Gasteiger partial charge in [-0.2, -0.15) is 8.42 Å². The van der Waals surface area contributed by atoms with Crippen LogP contribution in [0.4, 0.5) is 0 Å². The van der Waals surface area contributed by atoms with Gasteiger partial charge in [0.25, 0.3) is 10.1 Å². The van der Waals surface area contributed by atoms with Crippen molar-refractivity contribution in [3.05, 3.63) is 30.3 Å². The van der Waals surface area contributed by atoms with Gasteiger partial charge in [0.2, 0.25) is 0 Å². The largest absolute Gasteiger partial charge is 0.296 e. The average molecular weight is 411 g/mol. The van der Waals surface area contributed by atoms with Crippen molar-refractivity contribution in [2.24, 2.45) is 0 Å². The van der Waals surface area contributed by atoms with Crippen LogP contribution >= 0.6 is 0 Å². The predicted molar refractivity (Wildman–Crippen MR) is 119 cm³/mol. The first-order chi connectivity index (χ1) is 13.7. The molecule has 0 saturated carbocycles. The minimum absolute atomic E-state index is 0.242. The Labute approximate surface area is 174 Å². The van der Waals surface area contributed by atoms with Gasteiger partial charge in [0, 0.05) is 0 Å². The van der Waals surface area contributed by atoms with Crippen molar-refractivity contribution < 1.29 is 12.6 Å². The summed E-state index contributed by atoms with van der Waals surface area (Å²) in [5, 5.41) is 0. The second-order valence-corrected chi connectivity index (χ2v) is 9.51. The summed E-state index contributed by atoms with van der Waals surface area (Å²) < 4.78 is 29.0. The molecule has 0 saturated heterocycles. The molecule has 0 heterocycles. The Morgan fingerprint density at radius 1 is 0.607 bits per heavy atom. The van der Waals surface area contributed by atoms with Crippen molar-refractivity contribution in [2.75, 3.05) is 6.61 Å². The third-order valence-corrected chi connectivity index (χ3v) is 6.59. The first-order valence-electron chi connectivity index (χ1n) is 11.6. The van der Waals surface area contributed by atoms with Gasteiger partial charge < -0.3 is 0 Å². The van der Waals surface area contributed by atoms with Gasteiger partial charge >= 0.3 is 0 Å². The summed E-state index contributed by atoms with van der Waals surface area (Å²) >= 11 is 0. The van der Waals surface area contributed by atoms with Crippen molar-refractivity contribution in [3.8, 4) is 0 Å². The zero-order valence-electron chi connectivity index (χ0n) is 18.0. The van der Waals surface area contributed by atoms with Crippen LogP contribution in [0.5, 0.6) is 0 Å². The van der Waals surface area contributed by atoms with Crippen LogP contribution in [0.2, 0.25) is 0 Å². The van der Waals surface area contributed by atoms with E-state index in [0.29, 0.717) is 0 Å². The van der Waals surface area contributed by atoms with Crippen molar-refractivity contribution in [3.63, 3.8) is 0 Å². The Morgan fingerprint density at radius 2 is 1.00 bits per heavy atom. The van der Waals surface area contributed by atoms with Gasteiger partial charge in [0.1, 0.15) is 0 Å².